The third-order valence-corrected chi connectivity index (χ3v) is 8.46. The van der Waals surface area contributed by atoms with Gasteiger partial charge in [-0.1, -0.05) is 29.8 Å². The van der Waals surface area contributed by atoms with Crippen molar-refractivity contribution in [2.45, 2.75) is 29.2 Å². The number of thioether (sulfide) groups is 1. The third kappa shape index (κ3) is 4.38. The van der Waals surface area contributed by atoms with Crippen LogP contribution in [0.4, 0.5) is 10.1 Å². The van der Waals surface area contributed by atoms with Gasteiger partial charge in [0.15, 0.2) is 0 Å². The number of benzene rings is 3. The van der Waals surface area contributed by atoms with Crippen LogP contribution in [0.5, 0.6) is 0 Å². The second kappa shape index (κ2) is 8.96. The fourth-order valence-corrected chi connectivity index (χ4v) is 5.94. The summed E-state index contributed by atoms with van der Waals surface area (Å²) < 4.78 is 41.0. The van der Waals surface area contributed by atoms with Gasteiger partial charge in [-0.05, 0) is 61.4 Å². The van der Waals surface area contributed by atoms with Crippen molar-refractivity contribution in [1.29, 1.82) is 0 Å². The Morgan fingerprint density at radius 1 is 1.06 bits per heavy atom. The number of anilines is 1. The van der Waals surface area contributed by atoms with Gasteiger partial charge in [-0.25, -0.2) is 12.8 Å². The number of hydrogen-bond acceptors (Lipinski definition) is 4. The number of nitrogens with one attached hydrogen (secondary N) is 1. The molecule has 0 bridgehead atoms. The lowest BCUT2D eigenvalue weighted by Gasteiger charge is -2.26. The monoisotopic (exact) mass is 470 g/mol. The highest BCUT2D eigenvalue weighted by Gasteiger charge is 2.25. The summed E-state index contributed by atoms with van der Waals surface area (Å²) in [6.45, 7) is 1.89. The highest BCUT2D eigenvalue weighted by molar-refractivity contribution is 7.99. The Balaban J connectivity index is 1.50. The van der Waals surface area contributed by atoms with Gasteiger partial charge in [-0.3, -0.25) is 9.10 Å². The molecule has 0 aliphatic carbocycles. The molecular formula is C24H23FN2O3S2. The van der Waals surface area contributed by atoms with Crippen LogP contribution < -0.4 is 9.62 Å². The fraction of sp³-hybridized carbons (Fsp3) is 0.208. The van der Waals surface area contributed by atoms with Crippen LogP contribution in [0.1, 0.15) is 33.9 Å². The molecule has 5 nitrogen and oxygen atoms in total. The first-order chi connectivity index (χ1) is 15.3. The summed E-state index contributed by atoms with van der Waals surface area (Å²) in [5, 5.41) is 2.98. The first-order valence-corrected chi connectivity index (χ1v) is 12.6. The average molecular weight is 471 g/mol. The average Bonchev–Trinajstić information content (AvgIpc) is 2.79. The lowest BCUT2D eigenvalue weighted by molar-refractivity contribution is 0.0934. The van der Waals surface area contributed by atoms with Crippen LogP contribution in [0.3, 0.4) is 0 Å². The zero-order valence-electron chi connectivity index (χ0n) is 17.7. The molecule has 3 aromatic rings. The lowest BCUT2D eigenvalue weighted by Crippen LogP contribution is -2.31. The number of rotatable bonds is 5. The van der Waals surface area contributed by atoms with E-state index in [-0.39, 0.29) is 22.7 Å². The van der Waals surface area contributed by atoms with Crippen LogP contribution in [0.15, 0.2) is 76.5 Å². The molecule has 8 heteroatoms. The second-order valence-corrected chi connectivity index (χ2v) is 10.7. The molecule has 1 unspecified atom stereocenters. The molecule has 0 radical (unpaired) electrons. The lowest BCUT2D eigenvalue weighted by atomic mass is 10.0. The van der Waals surface area contributed by atoms with Gasteiger partial charge < -0.3 is 5.32 Å². The second-order valence-electron chi connectivity index (χ2n) is 7.65. The van der Waals surface area contributed by atoms with Crippen molar-refractivity contribution in [3.05, 3.63) is 89.2 Å². The molecular weight excluding hydrogens is 447 g/mol. The molecule has 166 valence electrons. The number of sulfonamides is 1. The van der Waals surface area contributed by atoms with Gasteiger partial charge in [0.2, 0.25) is 0 Å². The van der Waals surface area contributed by atoms with E-state index in [4.69, 9.17) is 0 Å². The van der Waals surface area contributed by atoms with Crippen molar-refractivity contribution in [1.82, 2.24) is 5.32 Å². The predicted octanol–water partition coefficient (Wildman–Crippen LogP) is 4.93. The van der Waals surface area contributed by atoms with Crippen LogP contribution >= 0.6 is 11.8 Å². The molecule has 3 aromatic carbocycles. The van der Waals surface area contributed by atoms with E-state index in [9.17, 15) is 17.6 Å². The molecule has 0 saturated heterocycles. The van der Waals surface area contributed by atoms with Gasteiger partial charge in [0.05, 0.1) is 16.6 Å². The normalized spacial score (nSPS) is 15.7. The van der Waals surface area contributed by atoms with E-state index in [2.05, 4.69) is 5.32 Å². The van der Waals surface area contributed by atoms with Crippen molar-refractivity contribution in [2.24, 2.45) is 0 Å². The third-order valence-electron chi connectivity index (χ3n) is 5.50. The van der Waals surface area contributed by atoms with E-state index < -0.39 is 10.0 Å². The van der Waals surface area contributed by atoms with E-state index in [1.165, 1.54) is 29.2 Å². The number of nitrogens with zero attached hydrogens (tertiary/aromatic N) is 1. The number of halogens is 1. The van der Waals surface area contributed by atoms with Crippen molar-refractivity contribution in [2.75, 3.05) is 17.1 Å². The number of aryl methyl sites for hydroxylation is 1. The Hall–Kier alpha value is -2.84. The Morgan fingerprint density at radius 2 is 1.75 bits per heavy atom. The zero-order valence-corrected chi connectivity index (χ0v) is 19.3. The van der Waals surface area contributed by atoms with Crippen molar-refractivity contribution >= 4 is 33.4 Å². The minimum absolute atomic E-state index is 0.202. The molecule has 1 aliphatic rings. The number of carbonyl (C=O) groups is 1. The molecule has 1 heterocycles. The first-order valence-electron chi connectivity index (χ1n) is 10.1. The number of hydrogen-bond donors (Lipinski definition) is 1. The molecule has 0 saturated carbocycles. The molecule has 0 spiro atoms. The summed E-state index contributed by atoms with van der Waals surface area (Å²) in [5.41, 5.74) is 2.62. The van der Waals surface area contributed by atoms with Gasteiger partial charge >= 0.3 is 0 Å². The quantitative estimate of drug-likeness (QED) is 0.574. The Bertz CT molecular complexity index is 1240. The summed E-state index contributed by atoms with van der Waals surface area (Å²) in [6, 6.07) is 17.7. The van der Waals surface area contributed by atoms with Gasteiger partial charge in [-0.15, -0.1) is 11.8 Å². The maximum Gasteiger partial charge on any atom is 0.264 e. The summed E-state index contributed by atoms with van der Waals surface area (Å²) in [4.78, 5) is 13.6. The minimum atomic E-state index is -3.71. The van der Waals surface area contributed by atoms with E-state index in [1.807, 2.05) is 13.0 Å². The smallest absolute Gasteiger partial charge is 0.264 e. The number of carbonyl (C=O) groups excluding carboxylic acids is 1. The van der Waals surface area contributed by atoms with Crippen molar-refractivity contribution in [3.63, 3.8) is 0 Å². The molecule has 0 aromatic heterocycles. The summed E-state index contributed by atoms with van der Waals surface area (Å²) in [6.07, 6.45) is 0.711. The SMILES string of the molecule is Cc1ccc(S(=O)(=O)N(C)c2ccc(C(=O)NC3CCSc4c(F)cccc43)cc2)cc1. The van der Waals surface area contributed by atoms with Gasteiger partial charge in [0, 0.05) is 23.3 Å². The van der Waals surface area contributed by atoms with Gasteiger partial charge in [-0.2, -0.15) is 0 Å². The summed E-state index contributed by atoms with van der Waals surface area (Å²) in [7, 11) is -2.23. The molecule has 1 N–H and O–H groups in total. The fourth-order valence-electron chi connectivity index (χ4n) is 3.61. The van der Waals surface area contributed by atoms with Gasteiger partial charge in [0.25, 0.3) is 15.9 Å². The Morgan fingerprint density at radius 3 is 2.44 bits per heavy atom. The summed E-state index contributed by atoms with van der Waals surface area (Å²) in [5.74, 6) is 0.167. The van der Waals surface area contributed by atoms with Crippen LogP contribution in [0, 0.1) is 12.7 Å². The van der Waals surface area contributed by atoms with E-state index in [0.29, 0.717) is 22.6 Å². The Kier molecular flexibility index (Phi) is 6.26. The van der Waals surface area contributed by atoms with Crippen molar-refractivity contribution in [3.8, 4) is 0 Å². The molecule has 1 atom stereocenters. The largest absolute Gasteiger partial charge is 0.345 e. The molecule has 0 fully saturated rings. The maximum absolute atomic E-state index is 14.1. The van der Waals surface area contributed by atoms with E-state index in [0.717, 1.165) is 16.9 Å². The first kappa shape index (κ1) is 22.4. The van der Waals surface area contributed by atoms with Crippen LogP contribution in [-0.2, 0) is 10.0 Å². The number of fused-ring (bicyclic) bond motifs is 1. The minimum Gasteiger partial charge on any atom is -0.345 e. The highest BCUT2D eigenvalue weighted by Crippen LogP contribution is 2.37. The van der Waals surface area contributed by atoms with Gasteiger partial charge in [0.1, 0.15) is 5.82 Å². The number of amides is 1. The molecule has 1 aliphatic heterocycles. The van der Waals surface area contributed by atoms with Crippen LogP contribution in [0.2, 0.25) is 0 Å². The van der Waals surface area contributed by atoms with E-state index in [1.54, 1.807) is 54.6 Å². The predicted molar refractivity (Wildman–Crippen MR) is 125 cm³/mol. The van der Waals surface area contributed by atoms with Crippen LogP contribution in [-0.4, -0.2) is 27.1 Å². The van der Waals surface area contributed by atoms with Crippen molar-refractivity contribution < 1.29 is 17.6 Å². The molecule has 1 amide bonds. The standard InChI is InChI=1S/C24H23FN2O3S2/c1-16-6-12-19(13-7-16)32(29,30)27(2)18-10-8-17(9-11-18)24(28)26-22-14-15-31-23-20(22)4-3-5-21(23)25/h3-13,22H,14-15H2,1-2H3,(H,26,28). The maximum atomic E-state index is 14.1. The Labute approximate surface area is 191 Å². The summed E-state index contributed by atoms with van der Waals surface area (Å²) >= 11 is 1.46. The van der Waals surface area contributed by atoms with Crippen LogP contribution in [0.25, 0.3) is 0 Å². The zero-order chi connectivity index (χ0) is 22.9. The topological polar surface area (TPSA) is 66.5 Å². The highest BCUT2D eigenvalue weighted by atomic mass is 32.2. The molecule has 4 rings (SSSR count). The van der Waals surface area contributed by atoms with E-state index >= 15 is 0 Å². The molecule has 32 heavy (non-hydrogen) atoms.